The van der Waals surface area contributed by atoms with E-state index in [1.165, 1.54) is 17.6 Å². The van der Waals surface area contributed by atoms with Crippen molar-refractivity contribution in [2.24, 2.45) is 20.7 Å². The first-order valence-corrected chi connectivity index (χ1v) is 5.87. The number of aliphatic hydroxyl groups excluding tert-OH is 2. The van der Waals surface area contributed by atoms with E-state index in [1.54, 1.807) is 0 Å². The normalized spacial score (nSPS) is 44.6. The first-order chi connectivity index (χ1) is 9.13. The van der Waals surface area contributed by atoms with Gasteiger partial charge in [-0.15, -0.1) is 0 Å². The molecule has 6 atom stereocenters. The summed E-state index contributed by atoms with van der Waals surface area (Å²) < 4.78 is 19.3. The highest BCUT2D eigenvalue weighted by Gasteiger charge is 2.50. The predicted molar refractivity (Wildman–Crippen MR) is 64.7 cm³/mol. The van der Waals surface area contributed by atoms with Crippen LogP contribution in [0.15, 0.2) is 15.0 Å². The van der Waals surface area contributed by atoms with Crippen molar-refractivity contribution < 1.29 is 19.3 Å². The summed E-state index contributed by atoms with van der Waals surface area (Å²) >= 11 is 0. The molecule has 0 radical (unpaired) electrons. The number of alkyl halides is 1. The lowest BCUT2D eigenvalue weighted by atomic mass is 10.1. The van der Waals surface area contributed by atoms with Gasteiger partial charge < -0.3 is 25.6 Å². The van der Waals surface area contributed by atoms with Crippen LogP contribution in [0.3, 0.4) is 0 Å². The smallest absolute Gasteiger partial charge is 0.173 e. The Hall–Kier alpha value is -1.58. The average Bonchev–Trinajstić information content (AvgIpc) is 2.94. The number of rotatable bonds is 2. The second-order valence-corrected chi connectivity index (χ2v) is 4.57. The quantitative estimate of drug-likeness (QED) is 0.529. The van der Waals surface area contributed by atoms with Crippen LogP contribution in [0.4, 0.5) is 4.39 Å². The third-order valence-corrected chi connectivity index (χ3v) is 3.45. The minimum Gasteiger partial charge on any atom is -0.394 e. The van der Waals surface area contributed by atoms with Crippen LogP contribution in [-0.4, -0.2) is 77.0 Å². The first kappa shape index (κ1) is 12.5. The second kappa shape index (κ2) is 4.51. The number of aliphatic hydroxyl groups is 2. The maximum Gasteiger partial charge on any atom is 0.173 e. The van der Waals surface area contributed by atoms with Gasteiger partial charge in [0.1, 0.15) is 30.4 Å². The van der Waals surface area contributed by atoms with Gasteiger partial charge in [-0.2, -0.15) is 0 Å². The maximum atomic E-state index is 14.0. The molecule has 3 aliphatic heterocycles. The summed E-state index contributed by atoms with van der Waals surface area (Å²) in [4.78, 5) is 13.5. The third kappa shape index (κ3) is 1.81. The third-order valence-electron chi connectivity index (χ3n) is 3.45. The molecule has 9 heteroatoms. The highest BCUT2D eigenvalue weighted by Crippen LogP contribution is 2.30. The van der Waals surface area contributed by atoms with Crippen molar-refractivity contribution in [3.63, 3.8) is 0 Å². The summed E-state index contributed by atoms with van der Waals surface area (Å²) in [7, 11) is 0. The van der Waals surface area contributed by atoms with Crippen molar-refractivity contribution in [3.8, 4) is 0 Å². The lowest BCUT2D eigenvalue weighted by Gasteiger charge is -2.31. The Balaban J connectivity index is 1.80. The van der Waals surface area contributed by atoms with E-state index < -0.39 is 43.4 Å². The van der Waals surface area contributed by atoms with Crippen molar-refractivity contribution in [1.82, 2.24) is 4.90 Å². The lowest BCUT2D eigenvalue weighted by molar-refractivity contribution is -0.0691. The van der Waals surface area contributed by atoms with Gasteiger partial charge in [0, 0.05) is 0 Å². The molecule has 0 bridgehead atoms. The summed E-state index contributed by atoms with van der Waals surface area (Å²) in [5.41, 5.74) is 5.69. The summed E-state index contributed by atoms with van der Waals surface area (Å²) in [6.45, 7) is -0.454. The van der Waals surface area contributed by atoms with E-state index >= 15 is 0 Å². The highest BCUT2D eigenvalue weighted by molar-refractivity contribution is 5.96. The van der Waals surface area contributed by atoms with Crippen LogP contribution >= 0.6 is 0 Å². The number of nitrogens with zero attached hydrogens (tertiary/aromatic N) is 4. The average molecular weight is 271 g/mol. The van der Waals surface area contributed by atoms with Crippen molar-refractivity contribution >= 4 is 18.5 Å². The molecular weight excluding hydrogens is 257 g/mol. The zero-order valence-electron chi connectivity index (χ0n) is 9.87. The highest BCUT2D eigenvalue weighted by atomic mass is 19.1. The molecule has 1 fully saturated rings. The monoisotopic (exact) mass is 271 g/mol. The van der Waals surface area contributed by atoms with Gasteiger partial charge in [-0.25, -0.2) is 14.4 Å². The molecule has 0 spiro atoms. The van der Waals surface area contributed by atoms with Gasteiger partial charge in [0.2, 0.25) is 0 Å². The topological polar surface area (TPSA) is 116 Å². The van der Waals surface area contributed by atoms with Crippen LogP contribution in [0, 0.1) is 0 Å². The predicted octanol–water partition coefficient (Wildman–Crippen LogP) is -2.16. The number of hydrogen-bond acceptors (Lipinski definition) is 8. The molecule has 8 nitrogen and oxygen atoms in total. The SMILES string of the molecule is NC1=NC=NC2C1N=CN2C1OC(CO)C(O)C1F. The van der Waals surface area contributed by atoms with Crippen LogP contribution in [-0.2, 0) is 4.74 Å². The number of amidine groups is 1. The van der Waals surface area contributed by atoms with Crippen LogP contribution in [0.25, 0.3) is 0 Å². The molecule has 0 saturated carbocycles. The van der Waals surface area contributed by atoms with Gasteiger partial charge in [-0.3, -0.25) is 4.99 Å². The van der Waals surface area contributed by atoms with Crippen molar-refractivity contribution in [2.75, 3.05) is 6.61 Å². The van der Waals surface area contributed by atoms with E-state index in [2.05, 4.69) is 15.0 Å². The van der Waals surface area contributed by atoms with Crippen LogP contribution in [0.2, 0.25) is 0 Å². The number of ether oxygens (including phenoxy) is 1. The molecule has 0 amide bonds. The molecule has 3 rings (SSSR count). The standard InChI is InChI=1S/C10H14FN5O3/c11-5-7(18)4(1-17)19-10(5)16-3-15-6-8(12)13-2-14-9(6)16/h2-7,9-10,17-18H,1H2,(H2,12,13,14). The summed E-state index contributed by atoms with van der Waals surface area (Å²) in [5, 5.41) is 18.6. The number of fused-ring (bicyclic) bond motifs is 1. The van der Waals surface area contributed by atoms with Gasteiger partial charge in [0.15, 0.2) is 18.6 Å². The fourth-order valence-corrected chi connectivity index (χ4v) is 2.40. The summed E-state index contributed by atoms with van der Waals surface area (Å²) in [5.74, 6) is 0.298. The molecule has 0 aliphatic carbocycles. The number of aliphatic imine (C=N–C) groups is 3. The molecule has 3 aliphatic rings. The zero-order chi connectivity index (χ0) is 13.6. The molecule has 3 heterocycles. The lowest BCUT2D eigenvalue weighted by Crippen LogP contribution is -2.50. The van der Waals surface area contributed by atoms with E-state index in [9.17, 15) is 9.50 Å². The van der Waals surface area contributed by atoms with Gasteiger partial charge in [-0.1, -0.05) is 0 Å². The first-order valence-electron chi connectivity index (χ1n) is 5.87. The number of nitrogens with two attached hydrogens (primary N) is 1. The molecule has 0 aromatic carbocycles. The number of halogens is 1. The fraction of sp³-hybridized carbons (Fsp3) is 0.700. The van der Waals surface area contributed by atoms with Crippen molar-refractivity contribution in [3.05, 3.63) is 0 Å². The van der Waals surface area contributed by atoms with E-state index in [-0.39, 0.29) is 0 Å². The van der Waals surface area contributed by atoms with E-state index in [1.807, 2.05) is 0 Å². The molecule has 19 heavy (non-hydrogen) atoms. The number of hydrogen-bond donors (Lipinski definition) is 3. The van der Waals surface area contributed by atoms with Crippen LogP contribution in [0.1, 0.15) is 0 Å². The van der Waals surface area contributed by atoms with Gasteiger partial charge >= 0.3 is 0 Å². The van der Waals surface area contributed by atoms with Gasteiger partial charge in [0.25, 0.3) is 0 Å². The zero-order valence-corrected chi connectivity index (χ0v) is 9.87. The Morgan fingerprint density at radius 1 is 1.47 bits per heavy atom. The summed E-state index contributed by atoms with van der Waals surface area (Å²) in [6.07, 6.45) is -2.87. The molecule has 0 aromatic heterocycles. The minimum atomic E-state index is -1.65. The molecule has 4 N–H and O–H groups in total. The molecule has 6 unspecified atom stereocenters. The fourth-order valence-electron chi connectivity index (χ4n) is 2.40. The van der Waals surface area contributed by atoms with E-state index in [0.29, 0.717) is 5.84 Å². The maximum absolute atomic E-state index is 14.0. The van der Waals surface area contributed by atoms with Gasteiger partial charge in [-0.05, 0) is 0 Å². The van der Waals surface area contributed by atoms with E-state index in [4.69, 9.17) is 15.6 Å². The molecule has 0 aromatic rings. The van der Waals surface area contributed by atoms with Crippen molar-refractivity contribution in [1.29, 1.82) is 0 Å². The molecule has 104 valence electrons. The minimum absolute atomic E-state index is 0.298. The largest absolute Gasteiger partial charge is 0.394 e. The van der Waals surface area contributed by atoms with Crippen LogP contribution in [0.5, 0.6) is 0 Å². The molecule has 1 saturated heterocycles. The Kier molecular flexibility index (Phi) is 2.96. The van der Waals surface area contributed by atoms with Gasteiger partial charge in [0.05, 0.1) is 12.9 Å². The van der Waals surface area contributed by atoms with Crippen LogP contribution < -0.4 is 5.73 Å². The Morgan fingerprint density at radius 3 is 2.95 bits per heavy atom. The van der Waals surface area contributed by atoms with E-state index in [0.717, 1.165) is 0 Å². The molecular formula is C10H14FN5O3. The second-order valence-electron chi connectivity index (χ2n) is 4.57. The van der Waals surface area contributed by atoms with Crippen molar-refractivity contribution in [2.45, 2.75) is 36.8 Å². The summed E-state index contributed by atoms with van der Waals surface area (Å²) in [6, 6.07) is -0.467. The Labute approximate surface area is 108 Å². The Bertz CT molecular complexity index is 456. The Morgan fingerprint density at radius 2 is 2.26 bits per heavy atom.